The Hall–Kier alpha value is -1.70. The Labute approximate surface area is 153 Å². The van der Waals surface area contributed by atoms with E-state index in [1.54, 1.807) is 18.3 Å². The molecule has 1 heterocycles. The van der Waals surface area contributed by atoms with Crippen molar-refractivity contribution >= 4 is 41.4 Å². The number of rotatable bonds is 4. The number of benzene rings is 1. The topological polar surface area (TPSA) is 40.5 Å². The van der Waals surface area contributed by atoms with E-state index in [1.165, 1.54) is 12.1 Å². The molecule has 0 fully saturated rings. The zero-order valence-electron chi connectivity index (χ0n) is 13.6. The van der Waals surface area contributed by atoms with Crippen LogP contribution in [0.4, 0.5) is 15.9 Å². The Morgan fingerprint density at radius 1 is 1.17 bits per heavy atom. The molecular weight excluding hydrogens is 406 g/mol. The van der Waals surface area contributed by atoms with Crippen molar-refractivity contribution in [2.24, 2.45) is 4.99 Å². The summed E-state index contributed by atoms with van der Waals surface area (Å²) in [6.45, 7) is 7.74. The van der Waals surface area contributed by atoms with Gasteiger partial charge in [0.05, 0.1) is 0 Å². The van der Waals surface area contributed by atoms with Crippen LogP contribution in [0.15, 0.2) is 47.6 Å². The summed E-state index contributed by atoms with van der Waals surface area (Å²) in [5, 5.41) is 3.25. The smallest absolute Gasteiger partial charge is 0.205 e. The third-order valence-corrected chi connectivity index (χ3v) is 3.36. The van der Waals surface area contributed by atoms with Crippen LogP contribution in [0.3, 0.4) is 0 Å². The first kappa shape index (κ1) is 19.3. The summed E-state index contributed by atoms with van der Waals surface area (Å²) >= 11 is 0. The molecule has 0 unspecified atom stereocenters. The number of nitrogens with zero attached hydrogens (tertiary/aromatic N) is 3. The average Bonchev–Trinajstić information content (AvgIpc) is 2.53. The number of aromatic nitrogens is 1. The van der Waals surface area contributed by atoms with Gasteiger partial charge in [0.1, 0.15) is 5.82 Å². The number of nitrogens with one attached hydrogen (secondary N) is 1. The highest BCUT2D eigenvalue weighted by Crippen LogP contribution is 2.16. The van der Waals surface area contributed by atoms with Crippen molar-refractivity contribution in [2.45, 2.75) is 20.8 Å². The van der Waals surface area contributed by atoms with Gasteiger partial charge in [-0.15, -0.1) is 24.0 Å². The predicted molar refractivity (Wildman–Crippen MR) is 104 cm³/mol. The number of hydrogen-bond acceptors (Lipinski definition) is 2. The Kier molecular flexibility index (Phi) is 7.94. The molecule has 0 amide bonds. The summed E-state index contributed by atoms with van der Waals surface area (Å²) in [5.41, 5.74) is 1.80. The van der Waals surface area contributed by atoms with Gasteiger partial charge in [-0.25, -0.2) is 9.37 Å². The van der Waals surface area contributed by atoms with Gasteiger partial charge in [0.2, 0.25) is 5.96 Å². The maximum atomic E-state index is 13.0. The Balaban J connectivity index is 0.00000264. The lowest BCUT2D eigenvalue weighted by molar-refractivity contribution is 0.464. The Morgan fingerprint density at radius 2 is 1.83 bits per heavy atom. The van der Waals surface area contributed by atoms with Crippen LogP contribution in [-0.4, -0.2) is 28.9 Å². The van der Waals surface area contributed by atoms with Crippen LogP contribution >= 0.6 is 24.0 Å². The third-order valence-electron chi connectivity index (χ3n) is 3.36. The molecule has 2 aromatic rings. The van der Waals surface area contributed by atoms with Crippen molar-refractivity contribution in [1.82, 2.24) is 9.88 Å². The lowest BCUT2D eigenvalue weighted by Gasteiger charge is -2.24. The highest BCUT2D eigenvalue weighted by atomic mass is 127. The highest BCUT2D eigenvalue weighted by molar-refractivity contribution is 14.0. The second kappa shape index (κ2) is 9.44. The lowest BCUT2D eigenvalue weighted by Crippen LogP contribution is -2.36. The molecule has 0 atom stereocenters. The summed E-state index contributed by atoms with van der Waals surface area (Å²) in [5.74, 6) is 1.13. The number of pyridine rings is 1. The van der Waals surface area contributed by atoms with Gasteiger partial charge in [-0.3, -0.25) is 0 Å². The maximum absolute atomic E-state index is 13.0. The maximum Gasteiger partial charge on any atom is 0.205 e. The van der Waals surface area contributed by atoms with Gasteiger partial charge in [-0.2, -0.15) is 4.99 Å². The first-order valence-electron chi connectivity index (χ1n) is 7.41. The molecule has 0 bridgehead atoms. The minimum absolute atomic E-state index is 0. The number of aryl methyl sites for hydroxylation is 1. The van der Waals surface area contributed by atoms with E-state index in [0.29, 0.717) is 11.8 Å². The SMILES string of the molecule is CCN(CC)C(=Nc1ncccc1C)Nc1ccc(F)cc1.I. The van der Waals surface area contributed by atoms with E-state index in [-0.39, 0.29) is 29.8 Å². The van der Waals surface area contributed by atoms with E-state index in [1.807, 2.05) is 19.1 Å². The van der Waals surface area contributed by atoms with Crippen LogP contribution in [-0.2, 0) is 0 Å². The molecule has 0 aliphatic heterocycles. The third kappa shape index (κ3) is 5.46. The molecule has 0 radical (unpaired) electrons. The molecular formula is C17H22FIN4. The van der Waals surface area contributed by atoms with Crippen molar-refractivity contribution in [2.75, 3.05) is 18.4 Å². The molecule has 0 aliphatic carbocycles. The van der Waals surface area contributed by atoms with Crippen molar-refractivity contribution < 1.29 is 4.39 Å². The summed E-state index contributed by atoms with van der Waals surface area (Å²) in [6.07, 6.45) is 1.73. The van der Waals surface area contributed by atoms with Crippen LogP contribution in [0.25, 0.3) is 0 Å². The summed E-state index contributed by atoms with van der Waals surface area (Å²) in [7, 11) is 0. The second-order valence-corrected chi connectivity index (χ2v) is 4.88. The Bertz CT molecular complexity index is 639. The Morgan fingerprint density at radius 3 is 2.39 bits per heavy atom. The number of hydrogen-bond donors (Lipinski definition) is 1. The molecule has 23 heavy (non-hydrogen) atoms. The van der Waals surface area contributed by atoms with E-state index in [0.717, 1.165) is 24.3 Å². The quantitative estimate of drug-likeness (QED) is 0.440. The fraction of sp³-hybridized carbons (Fsp3) is 0.294. The first-order chi connectivity index (χ1) is 10.6. The van der Waals surface area contributed by atoms with E-state index < -0.39 is 0 Å². The van der Waals surface area contributed by atoms with Crippen molar-refractivity contribution in [3.8, 4) is 0 Å². The molecule has 124 valence electrons. The summed E-state index contributed by atoms with van der Waals surface area (Å²) < 4.78 is 13.0. The number of guanidine groups is 1. The molecule has 2 rings (SSSR count). The lowest BCUT2D eigenvalue weighted by atomic mass is 10.3. The molecule has 1 aromatic heterocycles. The fourth-order valence-corrected chi connectivity index (χ4v) is 2.06. The monoisotopic (exact) mass is 428 g/mol. The van der Waals surface area contributed by atoms with Gasteiger partial charge in [-0.05, 0) is 56.7 Å². The standard InChI is InChI=1S/C17H21FN4.HI/c1-4-22(5-2)17(20-15-10-8-14(18)9-11-15)21-16-13(3)7-6-12-19-16;/h6-12H,4-5H2,1-3H3,(H,19,20,21);1H. The molecule has 1 aromatic carbocycles. The minimum atomic E-state index is -0.257. The summed E-state index contributed by atoms with van der Waals surface area (Å²) in [6, 6.07) is 10.1. The normalized spacial score (nSPS) is 10.9. The minimum Gasteiger partial charge on any atom is -0.343 e. The van der Waals surface area contributed by atoms with Crippen molar-refractivity contribution in [3.05, 3.63) is 54.0 Å². The van der Waals surface area contributed by atoms with Gasteiger partial charge in [0, 0.05) is 25.0 Å². The van der Waals surface area contributed by atoms with Gasteiger partial charge >= 0.3 is 0 Å². The number of anilines is 1. The molecule has 0 spiro atoms. The predicted octanol–water partition coefficient (Wildman–Crippen LogP) is 4.59. The fourth-order valence-electron chi connectivity index (χ4n) is 2.06. The number of halogens is 2. The molecule has 0 saturated heterocycles. The van der Waals surface area contributed by atoms with Crippen LogP contribution in [0.2, 0.25) is 0 Å². The van der Waals surface area contributed by atoms with E-state index in [9.17, 15) is 4.39 Å². The van der Waals surface area contributed by atoms with Crippen molar-refractivity contribution in [3.63, 3.8) is 0 Å². The van der Waals surface area contributed by atoms with E-state index in [4.69, 9.17) is 0 Å². The molecule has 0 saturated carbocycles. The van der Waals surface area contributed by atoms with Gasteiger partial charge in [-0.1, -0.05) is 6.07 Å². The largest absolute Gasteiger partial charge is 0.343 e. The van der Waals surface area contributed by atoms with Crippen LogP contribution in [0, 0.1) is 12.7 Å². The van der Waals surface area contributed by atoms with Crippen LogP contribution in [0.1, 0.15) is 19.4 Å². The van der Waals surface area contributed by atoms with Gasteiger partial charge < -0.3 is 10.2 Å². The zero-order chi connectivity index (χ0) is 15.9. The molecule has 1 N–H and O–H groups in total. The second-order valence-electron chi connectivity index (χ2n) is 4.88. The van der Waals surface area contributed by atoms with Gasteiger partial charge in [0.25, 0.3) is 0 Å². The number of aliphatic imine (C=N–C) groups is 1. The van der Waals surface area contributed by atoms with Crippen molar-refractivity contribution in [1.29, 1.82) is 0 Å². The summed E-state index contributed by atoms with van der Waals surface area (Å²) in [4.78, 5) is 11.0. The molecule has 0 aliphatic rings. The van der Waals surface area contributed by atoms with Crippen LogP contribution in [0.5, 0.6) is 0 Å². The van der Waals surface area contributed by atoms with E-state index in [2.05, 4.69) is 34.0 Å². The molecule has 4 nitrogen and oxygen atoms in total. The average molecular weight is 428 g/mol. The zero-order valence-corrected chi connectivity index (χ0v) is 15.9. The van der Waals surface area contributed by atoms with E-state index >= 15 is 0 Å². The molecule has 6 heteroatoms. The first-order valence-corrected chi connectivity index (χ1v) is 7.41. The van der Waals surface area contributed by atoms with Crippen LogP contribution < -0.4 is 5.32 Å². The van der Waals surface area contributed by atoms with Gasteiger partial charge in [0.15, 0.2) is 5.82 Å². The highest BCUT2D eigenvalue weighted by Gasteiger charge is 2.10.